The van der Waals surface area contributed by atoms with Crippen molar-refractivity contribution in [3.8, 4) is 17.3 Å². The van der Waals surface area contributed by atoms with Crippen LogP contribution < -0.4 is 4.74 Å². The third-order valence-corrected chi connectivity index (χ3v) is 3.67. The van der Waals surface area contributed by atoms with Crippen LogP contribution in [0.15, 0.2) is 60.7 Å². The Morgan fingerprint density at radius 1 is 0.957 bits per heavy atom. The predicted molar refractivity (Wildman–Crippen MR) is 92.6 cm³/mol. The largest absolute Gasteiger partial charge is 0.473 e. The molecule has 0 amide bonds. The van der Waals surface area contributed by atoms with Crippen LogP contribution in [0.2, 0.25) is 5.02 Å². The molecule has 0 fully saturated rings. The molecule has 0 saturated heterocycles. The quantitative estimate of drug-likeness (QED) is 0.667. The van der Waals surface area contributed by atoms with Gasteiger partial charge in [-0.15, -0.1) is 0 Å². The molecule has 3 aromatic rings. The number of benzene rings is 2. The van der Waals surface area contributed by atoms with Crippen LogP contribution in [0.3, 0.4) is 0 Å². The van der Waals surface area contributed by atoms with Gasteiger partial charge in [-0.1, -0.05) is 61.0 Å². The number of rotatable bonds is 5. The van der Waals surface area contributed by atoms with Crippen molar-refractivity contribution in [3.05, 3.63) is 76.9 Å². The SMILES string of the molecule is CCc1cc(OCc2ccccc2)nc(-c2cccc(Cl)c2)n1. The van der Waals surface area contributed by atoms with Crippen LogP contribution in [0.1, 0.15) is 18.2 Å². The van der Waals surface area contributed by atoms with Crippen LogP contribution in [0.4, 0.5) is 0 Å². The highest BCUT2D eigenvalue weighted by atomic mass is 35.5. The molecule has 0 aliphatic carbocycles. The highest BCUT2D eigenvalue weighted by Crippen LogP contribution is 2.22. The van der Waals surface area contributed by atoms with Gasteiger partial charge in [-0.3, -0.25) is 0 Å². The van der Waals surface area contributed by atoms with Crippen molar-refractivity contribution in [2.24, 2.45) is 0 Å². The van der Waals surface area contributed by atoms with Crippen LogP contribution in [0.5, 0.6) is 5.88 Å². The van der Waals surface area contributed by atoms with E-state index in [4.69, 9.17) is 16.3 Å². The normalized spacial score (nSPS) is 10.5. The molecule has 4 heteroatoms. The molecule has 0 spiro atoms. The van der Waals surface area contributed by atoms with Gasteiger partial charge >= 0.3 is 0 Å². The first-order valence-corrected chi connectivity index (χ1v) is 7.93. The van der Waals surface area contributed by atoms with Crippen LogP contribution in [0, 0.1) is 0 Å². The van der Waals surface area contributed by atoms with E-state index in [0.29, 0.717) is 23.3 Å². The molecule has 1 aromatic heterocycles. The van der Waals surface area contributed by atoms with E-state index in [1.165, 1.54) is 0 Å². The Hall–Kier alpha value is -2.39. The molecule has 0 radical (unpaired) electrons. The molecule has 23 heavy (non-hydrogen) atoms. The molecule has 0 aliphatic heterocycles. The van der Waals surface area contributed by atoms with Gasteiger partial charge < -0.3 is 4.74 Å². The summed E-state index contributed by atoms with van der Waals surface area (Å²) in [5.41, 5.74) is 2.93. The number of hydrogen-bond donors (Lipinski definition) is 0. The Kier molecular flexibility index (Phi) is 4.89. The highest BCUT2D eigenvalue weighted by Gasteiger charge is 2.08. The summed E-state index contributed by atoms with van der Waals surface area (Å²) in [5.74, 6) is 1.21. The van der Waals surface area contributed by atoms with Gasteiger partial charge in [0.1, 0.15) is 6.61 Å². The summed E-state index contributed by atoms with van der Waals surface area (Å²) in [6, 6.07) is 19.4. The van der Waals surface area contributed by atoms with Gasteiger partial charge in [-0.2, -0.15) is 4.98 Å². The van der Waals surface area contributed by atoms with Gasteiger partial charge in [-0.25, -0.2) is 4.98 Å². The third-order valence-electron chi connectivity index (χ3n) is 3.43. The number of aromatic nitrogens is 2. The van der Waals surface area contributed by atoms with E-state index in [1.807, 2.05) is 60.7 Å². The molecule has 0 unspecified atom stereocenters. The molecule has 0 saturated carbocycles. The van der Waals surface area contributed by atoms with Crippen molar-refractivity contribution < 1.29 is 4.74 Å². The molecule has 0 atom stereocenters. The molecule has 0 aliphatic rings. The molecule has 0 N–H and O–H groups in total. The lowest BCUT2D eigenvalue weighted by molar-refractivity contribution is 0.293. The first-order valence-electron chi connectivity index (χ1n) is 7.55. The van der Waals surface area contributed by atoms with E-state index in [-0.39, 0.29) is 0 Å². The minimum absolute atomic E-state index is 0.482. The van der Waals surface area contributed by atoms with Crippen molar-refractivity contribution >= 4 is 11.6 Å². The Morgan fingerprint density at radius 3 is 2.52 bits per heavy atom. The lowest BCUT2D eigenvalue weighted by atomic mass is 10.2. The van der Waals surface area contributed by atoms with Crippen LogP contribution in [-0.4, -0.2) is 9.97 Å². The summed E-state index contributed by atoms with van der Waals surface area (Å²) in [5, 5.41) is 0.666. The summed E-state index contributed by atoms with van der Waals surface area (Å²) in [6.45, 7) is 2.54. The second-order valence-corrected chi connectivity index (χ2v) is 5.60. The molecule has 0 bridgehead atoms. The predicted octanol–water partition coefficient (Wildman–Crippen LogP) is 4.94. The fourth-order valence-electron chi connectivity index (χ4n) is 2.22. The average Bonchev–Trinajstić information content (AvgIpc) is 2.60. The number of hydrogen-bond acceptors (Lipinski definition) is 3. The maximum atomic E-state index is 6.06. The van der Waals surface area contributed by atoms with Crippen LogP contribution in [0.25, 0.3) is 11.4 Å². The maximum absolute atomic E-state index is 6.06. The summed E-state index contributed by atoms with van der Waals surface area (Å²) >= 11 is 6.06. The van der Waals surface area contributed by atoms with E-state index in [0.717, 1.165) is 23.2 Å². The number of aryl methyl sites for hydroxylation is 1. The molecule has 1 heterocycles. The zero-order valence-corrected chi connectivity index (χ0v) is 13.6. The molecule has 2 aromatic carbocycles. The van der Waals surface area contributed by atoms with Crippen molar-refractivity contribution in [3.63, 3.8) is 0 Å². The first kappa shape index (κ1) is 15.5. The smallest absolute Gasteiger partial charge is 0.217 e. The lowest BCUT2D eigenvalue weighted by Crippen LogP contribution is -2.01. The van der Waals surface area contributed by atoms with Gasteiger partial charge in [0.2, 0.25) is 5.88 Å². The van der Waals surface area contributed by atoms with Crippen molar-refractivity contribution in [2.45, 2.75) is 20.0 Å². The fraction of sp³-hybridized carbons (Fsp3) is 0.158. The van der Waals surface area contributed by atoms with Crippen molar-refractivity contribution in [1.29, 1.82) is 0 Å². The maximum Gasteiger partial charge on any atom is 0.217 e. The Morgan fingerprint density at radius 2 is 1.78 bits per heavy atom. The molecule has 116 valence electrons. The third kappa shape index (κ3) is 4.08. The highest BCUT2D eigenvalue weighted by molar-refractivity contribution is 6.30. The zero-order valence-electron chi connectivity index (χ0n) is 12.9. The van der Waals surface area contributed by atoms with Crippen molar-refractivity contribution in [1.82, 2.24) is 9.97 Å². The Balaban J connectivity index is 1.87. The summed E-state index contributed by atoms with van der Waals surface area (Å²) in [4.78, 5) is 9.08. The van der Waals surface area contributed by atoms with E-state index in [2.05, 4.69) is 16.9 Å². The molecule has 3 nitrogen and oxygen atoms in total. The number of ether oxygens (including phenoxy) is 1. The van der Waals surface area contributed by atoms with Gasteiger partial charge in [0.05, 0.1) is 0 Å². The van der Waals surface area contributed by atoms with Gasteiger partial charge in [0.15, 0.2) is 5.82 Å². The van der Waals surface area contributed by atoms with Crippen LogP contribution in [-0.2, 0) is 13.0 Å². The lowest BCUT2D eigenvalue weighted by Gasteiger charge is -2.09. The topological polar surface area (TPSA) is 35.0 Å². The molecular formula is C19H17ClN2O. The molecule has 3 rings (SSSR count). The monoisotopic (exact) mass is 324 g/mol. The Bertz CT molecular complexity index is 790. The van der Waals surface area contributed by atoms with E-state index < -0.39 is 0 Å². The van der Waals surface area contributed by atoms with Gasteiger partial charge in [0, 0.05) is 22.3 Å². The van der Waals surface area contributed by atoms with E-state index in [9.17, 15) is 0 Å². The fourth-order valence-corrected chi connectivity index (χ4v) is 2.41. The second kappa shape index (κ2) is 7.25. The average molecular weight is 325 g/mol. The Labute approximate surface area is 140 Å². The zero-order chi connectivity index (χ0) is 16.1. The van der Waals surface area contributed by atoms with E-state index in [1.54, 1.807) is 0 Å². The number of nitrogens with zero attached hydrogens (tertiary/aromatic N) is 2. The minimum atomic E-state index is 0.482. The number of halogens is 1. The standard InChI is InChI=1S/C19H17ClN2O/c1-2-17-12-18(23-13-14-7-4-3-5-8-14)22-19(21-17)15-9-6-10-16(20)11-15/h3-12H,2,13H2,1H3. The minimum Gasteiger partial charge on any atom is -0.473 e. The summed E-state index contributed by atoms with van der Waals surface area (Å²) < 4.78 is 5.84. The van der Waals surface area contributed by atoms with Gasteiger partial charge in [0.25, 0.3) is 0 Å². The summed E-state index contributed by atoms with van der Waals surface area (Å²) in [6.07, 6.45) is 0.817. The second-order valence-electron chi connectivity index (χ2n) is 5.16. The van der Waals surface area contributed by atoms with Crippen LogP contribution >= 0.6 is 11.6 Å². The molecular weight excluding hydrogens is 308 g/mol. The van der Waals surface area contributed by atoms with Gasteiger partial charge in [-0.05, 0) is 24.1 Å². The summed E-state index contributed by atoms with van der Waals surface area (Å²) in [7, 11) is 0. The van der Waals surface area contributed by atoms with Crippen molar-refractivity contribution in [2.75, 3.05) is 0 Å². The van der Waals surface area contributed by atoms with E-state index >= 15 is 0 Å². The first-order chi connectivity index (χ1) is 11.2.